The van der Waals surface area contributed by atoms with Crippen LogP contribution in [0, 0.1) is 16.0 Å². The van der Waals surface area contributed by atoms with E-state index in [4.69, 9.17) is 5.11 Å². The zero-order valence-corrected chi connectivity index (χ0v) is 11.9. The average molecular weight is 284 g/mol. The van der Waals surface area contributed by atoms with E-state index in [-0.39, 0.29) is 5.69 Å². The first-order valence-electron chi connectivity index (χ1n) is 6.55. The van der Waals surface area contributed by atoms with Crippen molar-refractivity contribution in [2.45, 2.75) is 33.1 Å². The maximum absolute atomic E-state index is 11.2. The Labute approximate surface area is 116 Å². The van der Waals surface area contributed by atoms with Gasteiger partial charge in [-0.15, -0.1) is 0 Å². The number of aliphatic carboxylic acids is 1. The van der Waals surface area contributed by atoms with E-state index >= 15 is 0 Å². The van der Waals surface area contributed by atoms with Crippen LogP contribution in [0.4, 0.5) is 11.5 Å². The minimum atomic E-state index is -0.877. The third-order valence-corrected chi connectivity index (χ3v) is 3.05. The second-order valence-electron chi connectivity index (χ2n) is 4.73. The largest absolute Gasteiger partial charge is 0.481 e. The summed E-state index contributed by atoms with van der Waals surface area (Å²) in [5, 5.41) is 27.0. The van der Waals surface area contributed by atoms with Crippen LogP contribution in [0.5, 0.6) is 0 Å². The van der Waals surface area contributed by atoms with Gasteiger partial charge in [-0.3, -0.25) is 14.9 Å². The smallest absolute Gasteiger partial charge is 0.333 e. The molecule has 0 amide bonds. The summed E-state index contributed by atoms with van der Waals surface area (Å²) < 4.78 is 1.44. The zero-order valence-electron chi connectivity index (χ0n) is 11.9. The van der Waals surface area contributed by atoms with Gasteiger partial charge in [0, 0.05) is 13.6 Å². The topological polar surface area (TPSA) is 110 Å². The number of hydrogen-bond donors (Lipinski definition) is 2. The average Bonchev–Trinajstić information content (AvgIpc) is 2.66. The van der Waals surface area contributed by atoms with Gasteiger partial charge in [0.05, 0.1) is 10.8 Å². The molecule has 1 atom stereocenters. The number of nitrogens with zero attached hydrogens (tertiary/aromatic N) is 3. The Morgan fingerprint density at radius 1 is 1.60 bits per heavy atom. The minimum Gasteiger partial charge on any atom is -0.481 e. The molecule has 0 saturated heterocycles. The van der Waals surface area contributed by atoms with E-state index in [0.29, 0.717) is 30.9 Å². The van der Waals surface area contributed by atoms with Crippen molar-refractivity contribution >= 4 is 17.5 Å². The van der Waals surface area contributed by atoms with Crippen LogP contribution < -0.4 is 5.32 Å². The lowest BCUT2D eigenvalue weighted by atomic mass is 10.1. The number of nitro groups is 1. The van der Waals surface area contributed by atoms with Crippen molar-refractivity contribution in [3.8, 4) is 0 Å². The van der Waals surface area contributed by atoms with Crippen molar-refractivity contribution in [2.24, 2.45) is 13.0 Å². The molecule has 8 heteroatoms. The predicted molar refractivity (Wildman–Crippen MR) is 73.8 cm³/mol. The quantitative estimate of drug-likeness (QED) is 0.556. The Bertz CT molecular complexity index is 498. The minimum absolute atomic E-state index is 0.0164. The summed E-state index contributed by atoms with van der Waals surface area (Å²) in [7, 11) is 1.63. The Kier molecular flexibility index (Phi) is 5.48. The number of aryl methyl sites for hydroxylation is 2. The molecule has 0 aromatic carbocycles. The van der Waals surface area contributed by atoms with E-state index in [9.17, 15) is 14.9 Å². The molecule has 1 unspecified atom stereocenters. The number of anilines is 1. The maximum Gasteiger partial charge on any atom is 0.333 e. The van der Waals surface area contributed by atoms with E-state index < -0.39 is 16.8 Å². The van der Waals surface area contributed by atoms with Crippen LogP contribution >= 0.6 is 0 Å². The second kappa shape index (κ2) is 6.88. The fourth-order valence-electron chi connectivity index (χ4n) is 1.89. The van der Waals surface area contributed by atoms with Gasteiger partial charge in [0.2, 0.25) is 5.82 Å². The summed E-state index contributed by atoms with van der Waals surface area (Å²) >= 11 is 0. The fourth-order valence-corrected chi connectivity index (χ4v) is 1.89. The van der Waals surface area contributed by atoms with Crippen LogP contribution in [-0.2, 0) is 18.3 Å². The zero-order chi connectivity index (χ0) is 15.3. The summed E-state index contributed by atoms with van der Waals surface area (Å²) in [6, 6.07) is 0. The number of nitrogens with one attached hydrogen (secondary N) is 1. The van der Waals surface area contributed by atoms with E-state index in [1.807, 2.05) is 6.92 Å². The van der Waals surface area contributed by atoms with Crippen molar-refractivity contribution < 1.29 is 14.8 Å². The molecule has 0 radical (unpaired) electrons. The van der Waals surface area contributed by atoms with Crippen molar-refractivity contribution in [1.82, 2.24) is 9.78 Å². The van der Waals surface area contributed by atoms with E-state index in [1.54, 1.807) is 14.0 Å². The molecule has 0 aliphatic rings. The molecule has 0 fully saturated rings. The van der Waals surface area contributed by atoms with Crippen molar-refractivity contribution in [3.05, 3.63) is 15.8 Å². The molecule has 0 aliphatic carbocycles. The van der Waals surface area contributed by atoms with E-state index in [0.717, 1.165) is 6.42 Å². The van der Waals surface area contributed by atoms with Crippen LogP contribution in [0.25, 0.3) is 0 Å². The number of carboxylic acids is 1. The lowest BCUT2D eigenvalue weighted by molar-refractivity contribution is -0.384. The highest BCUT2D eigenvalue weighted by Crippen LogP contribution is 2.29. The van der Waals surface area contributed by atoms with Gasteiger partial charge in [-0.1, -0.05) is 20.3 Å². The lowest BCUT2D eigenvalue weighted by Crippen LogP contribution is -2.16. The summed E-state index contributed by atoms with van der Waals surface area (Å²) in [4.78, 5) is 21.4. The molecule has 1 heterocycles. The summed E-state index contributed by atoms with van der Waals surface area (Å²) in [6.07, 6.45) is 1.70. The highest BCUT2D eigenvalue weighted by Gasteiger charge is 2.26. The number of carboxylic acid groups (broad SMARTS) is 1. The Morgan fingerprint density at radius 3 is 2.75 bits per heavy atom. The van der Waals surface area contributed by atoms with Crippen LogP contribution in [0.15, 0.2) is 0 Å². The number of carbonyl (C=O) groups is 1. The van der Waals surface area contributed by atoms with Crippen molar-refractivity contribution in [3.63, 3.8) is 0 Å². The van der Waals surface area contributed by atoms with Gasteiger partial charge in [-0.25, -0.2) is 4.68 Å². The van der Waals surface area contributed by atoms with Gasteiger partial charge in [0.15, 0.2) is 0 Å². The lowest BCUT2D eigenvalue weighted by Gasteiger charge is -2.08. The Hall–Kier alpha value is -2.12. The van der Waals surface area contributed by atoms with Gasteiger partial charge in [-0.05, 0) is 12.8 Å². The second-order valence-corrected chi connectivity index (χ2v) is 4.73. The molecular formula is C12H20N4O4. The molecule has 0 aliphatic heterocycles. The molecule has 0 bridgehead atoms. The molecule has 1 aromatic rings. The molecule has 0 spiro atoms. The first-order chi connectivity index (χ1) is 9.38. The highest BCUT2D eigenvalue weighted by atomic mass is 16.6. The van der Waals surface area contributed by atoms with Gasteiger partial charge < -0.3 is 10.4 Å². The van der Waals surface area contributed by atoms with Gasteiger partial charge in [-0.2, -0.15) is 5.10 Å². The first-order valence-corrected chi connectivity index (χ1v) is 6.55. The molecule has 2 N–H and O–H groups in total. The first kappa shape index (κ1) is 15.9. The fraction of sp³-hybridized carbons (Fsp3) is 0.667. The Balaban J connectivity index is 2.83. The SMILES string of the molecule is CCCc1nn(C)c(NCCC(C)C(=O)O)c1[N+](=O)[O-]. The molecule has 1 rings (SSSR count). The molecule has 0 saturated carbocycles. The standard InChI is InChI=1S/C12H20N4O4/c1-4-5-9-10(16(19)20)11(15(3)14-9)13-7-6-8(2)12(17)18/h8,13H,4-7H2,1-3H3,(H,17,18). The highest BCUT2D eigenvalue weighted by molar-refractivity contribution is 5.69. The summed E-state index contributed by atoms with van der Waals surface area (Å²) in [5.74, 6) is -1.04. The summed E-state index contributed by atoms with van der Waals surface area (Å²) in [6.45, 7) is 3.88. The number of rotatable bonds is 8. The van der Waals surface area contributed by atoms with Crippen LogP contribution in [-0.4, -0.2) is 32.3 Å². The van der Waals surface area contributed by atoms with Gasteiger partial charge in [0.25, 0.3) is 0 Å². The third-order valence-electron chi connectivity index (χ3n) is 3.05. The molecule has 20 heavy (non-hydrogen) atoms. The van der Waals surface area contributed by atoms with Crippen LogP contribution in [0.1, 0.15) is 32.4 Å². The molecule has 112 valence electrons. The molecular weight excluding hydrogens is 264 g/mol. The monoisotopic (exact) mass is 284 g/mol. The molecule has 1 aromatic heterocycles. The number of aromatic nitrogens is 2. The van der Waals surface area contributed by atoms with E-state index in [1.165, 1.54) is 4.68 Å². The number of hydrogen-bond acceptors (Lipinski definition) is 5. The molecule has 8 nitrogen and oxygen atoms in total. The van der Waals surface area contributed by atoms with Crippen molar-refractivity contribution in [1.29, 1.82) is 0 Å². The van der Waals surface area contributed by atoms with Gasteiger partial charge >= 0.3 is 11.7 Å². The predicted octanol–water partition coefficient (Wildman–Crippen LogP) is 1.80. The normalized spacial score (nSPS) is 12.2. The van der Waals surface area contributed by atoms with E-state index in [2.05, 4.69) is 10.4 Å². The summed E-state index contributed by atoms with van der Waals surface area (Å²) in [5.41, 5.74) is 0.436. The Morgan fingerprint density at radius 2 is 2.25 bits per heavy atom. The van der Waals surface area contributed by atoms with Gasteiger partial charge in [0.1, 0.15) is 5.69 Å². The van der Waals surface area contributed by atoms with Crippen molar-refractivity contribution in [2.75, 3.05) is 11.9 Å². The third kappa shape index (κ3) is 3.69. The maximum atomic E-state index is 11.2. The van der Waals surface area contributed by atoms with Crippen LogP contribution in [0.3, 0.4) is 0 Å². The van der Waals surface area contributed by atoms with Crippen LogP contribution in [0.2, 0.25) is 0 Å².